The van der Waals surface area contributed by atoms with E-state index in [-0.39, 0.29) is 13.2 Å². The Kier molecular flexibility index (Phi) is 5.20. The van der Waals surface area contributed by atoms with E-state index < -0.39 is 5.54 Å². The van der Waals surface area contributed by atoms with Crippen LogP contribution in [0.1, 0.15) is 12.5 Å². The van der Waals surface area contributed by atoms with Crippen LogP contribution in [0.4, 0.5) is 0 Å². The van der Waals surface area contributed by atoms with E-state index in [1.54, 1.807) is 0 Å². The average Bonchev–Trinajstić information content (AvgIpc) is 2.55. The molecule has 2 aromatic carbocycles. The van der Waals surface area contributed by atoms with Gasteiger partial charge in [-0.25, -0.2) is 0 Å². The van der Waals surface area contributed by atoms with E-state index in [0.29, 0.717) is 12.4 Å². The molecule has 0 heterocycles. The smallest absolute Gasteiger partial charge is 0.119 e. The van der Waals surface area contributed by atoms with Crippen LogP contribution >= 0.6 is 0 Å². The lowest BCUT2D eigenvalue weighted by atomic mass is 9.93. The van der Waals surface area contributed by atoms with E-state index in [1.165, 1.54) is 0 Å². The number of nitrogens with two attached hydrogens (primary N) is 1. The summed E-state index contributed by atoms with van der Waals surface area (Å²) in [6, 6.07) is 16.8. The van der Waals surface area contributed by atoms with Crippen molar-refractivity contribution in [1.29, 1.82) is 0 Å². The molecule has 21 heavy (non-hydrogen) atoms. The lowest BCUT2D eigenvalue weighted by Gasteiger charge is -2.27. The standard InChI is InChI=1S/C17H21NO3/c1-2-20-15-8-10-16(11-9-15)21-13-17(18,12-19)14-6-4-3-5-7-14/h3-11,19H,2,12-13,18H2,1H3. The van der Waals surface area contributed by atoms with Gasteiger partial charge in [-0.3, -0.25) is 0 Å². The predicted molar refractivity (Wildman–Crippen MR) is 82.5 cm³/mol. The fourth-order valence-corrected chi connectivity index (χ4v) is 2.00. The van der Waals surface area contributed by atoms with Crippen molar-refractivity contribution >= 4 is 0 Å². The Labute approximate surface area is 125 Å². The lowest BCUT2D eigenvalue weighted by Crippen LogP contribution is -2.46. The van der Waals surface area contributed by atoms with Gasteiger partial charge in [0.1, 0.15) is 18.1 Å². The molecule has 0 aromatic heterocycles. The van der Waals surface area contributed by atoms with E-state index in [4.69, 9.17) is 15.2 Å². The zero-order valence-electron chi connectivity index (χ0n) is 12.2. The molecule has 3 N–H and O–H groups in total. The van der Waals surface area contributed by atoms with Gasteiger partial charge >= 0.3 is 0 Å². The average molecular weight is 287 g/mol. The Morgan fingerprint density at radius 3 is 2.05 bits per heavy atom. The van der Waals surface area contributed by atoms with Gasteiger partial charge in [-0.05, 0) is 36.8 Å². The Morgan fingerprint density at radius 1 is 0.952 bits per heavy atom. The first-order valence-electron chi connectivity index (χ1n) is 6.99. The monoisotopic (exact) mass is 287 g/mol. The molecule has 4 nitrogen and oxygen atoms in total. The minimum atomic E-state index is -0.917. The maximum absolute atomic E-state index is 9.61. The highest BCUT2D eigenvalue weighted by Gasteiger charge is 2.27. The predicted octanol–water partition coefficient (Wildman–Crippen LogP) is 2.31. The molecule has 0 radical (unpaired) electrons. The van der Waals surface area contributed by atoms with Crippen LogP contribution in [0.25, 0.3) is 0 Å². The fourth-order valence-electron chi connectivity index (χ4n) is 2.00. The normalized spacial score (nSPS) is 13.5. The van der Waals surface area contributed by atoms with Crippen LogP contribution in [0.3, 0.4) is 0 Å². The van der Waals surface area contributed by atoms with E-state index in [0.717, 1.165) is 11.3 Å². The third-order valence-electron chi connectivity index (χ3n) is 3.26. The quantitative estimate of drug-likeness (QED) is 0.820. The second-order valence-corrected chi connectivity index (χ2v) is 4.87. The number of ether oxygens (including phenoxy) is 2. The SMILES string of the molecule is CCOc1ccc(OCC(N)(CO)c2ccccc2)cc1. The van der Waals surface area contributed by atoms with Crippen LogP contribution in [-0.2, 0) is 5.54 Å². The molecule has 0 saturated heterocycles. The van der Waals surface area contributed by atoms with Gasteiger partial charge in [0.25, 0.3) is 0 Å². The van der Waals surface area contributed by atoms with Gasteiger partial charge in [-0.2, -0.15) is 0 Å². The van der Waals surface area contributed by atoms with Gasteiger partial charge in [0.15, 0.2) is 0 Å². The zero-order chi connectivity index (χ0) is 15.1. The molecule has 0 amide bonds. The first-order chi connectivity index (χ1) is 10.2. The van der Waals surface area contributed by atoms with Gasteiger partial charge in [0.05, 0.1) is 18.8 Å². The first kappa shape index (κ1) is 15.4. The highest BCUT2D eigenvalue weighted by molar-refractivity contribution is 5.32. The maximum Gasteiger partial charge on any atom is 0.119 e. The van der Waals surface area contributed by atoms with Crippen molar-refractivity contribution in [3.8, 4) is 11.5 Å². The highest BCUT2D eigenvalue weighted by Crippen LogP contribution is 2.22. The number of rotatable bonds is 7. The lowest BCUT2D eigenvalue weighted by molar-refractivity contribution is 0.133. The van der Waals surface area contributed by atoms with Gasteiger partial charge in [0, 0.05) is 0 Å². The fraction of sp³-hybridized carbons (Fsp3) is 0.294. The van der Waals surface area contributed by atoms with Crippen LogP contribution in [-0.4, -0.2) is 24.9 Å². The molecule has 0 bridgehead atoms. The Morgan fingerprint density at radius 2 is 1.52 bits per heavy atom. The summed E-state index contributed by atoms with van der Waals surface area (Å²) >= 11 is 0. The molecule has 4 heteroatoms. The maximum atomic E-state index is 9.61. The molecule has 2 aromatic rings. The molecular formula is C17H21NO3. The molecule has 1 unspecified atom stereocenters. The Balaban J connectivity index is 2.03. The molecule has 112 valence electrons. The summed E-state index contributed by atoms with van der Waals surface area (Å²) in [7, 11) is 0. The molecule has 0 saturated carbocycles. The third-order valence-corrected chi connectivity index (χ3v) is 3.26. The Hall–Kier alpha value is -2.04. The number of aliphatic hydroxyl groups excluding tert-OH is 1. The number of hydrogen-bond acceptors (Lipinski definition) is 4. The van der Waals surface area contributed by atoms with Crippen molar-refractivity contribution in [3.05, 3.63) is 60.2 Å². The second-order valence-electron chi connectivity index (χ2n) is 4.87. The summed E-state index contributed by atoms with van der Waals surface area (Å²) in [4.78, 5) is 0. The van der Waals surface area contributed by atoms with Crippen LogP contribution in [0, 0.1) is 0 Å². The minimum Gasteiger partial charge on any atom is -0.494 e. The second kappa shape index (κ2) is 7.11. The van der Waals surface area contributed by atoms with Crippen molar-refractivity contribution in [2.24, 2.45) is 5.73 Å². The number of benzene rings is 2. The van der Waals surface area contributed by atoms with Crippen LogP contribution < -0.4 is 15.2 Å². The molecule has 0 aliphatic carbocycles. The molecule has 0 aliphatic heterocycles. The highest BCUT2D eigenvalue weighted by atomic mass is 16.5. The first-order valence-corrected chi connectivity index (χ1v) is 6.99. The zero-order valence-corrected chi connectivity index (χ0v) is 12.2. The van der Waals surface area contributed by atoms with Gasteiger partial charge in [-0.15, -0.1) is 0 Å². The molecular weight excluding hydrogens is 266 g/mol. The van der Waals surface area contributed by atoms with E-state index >= 15 is 0 Å². The van der Waals surface area contributed by atoms with Crippen molar-refractivity contribution in [2.45, 2.75) is 12.5 Å². The Bertz CT molecular complexity index is 542. The molecule has 0 fully saturated rings. The minimum absolute atomic E-state index is 0.186. The summed E-state index contributed by atoms with van der Waals surface area (Å²) < 4.78 is 11.1. The van der Waals surface area contributed by atoms with E-state index in [9.17, 15) is 5.11 Å². The van der Waals surface area contributed by atoms with Crippen LogP contribution in [0.5, 0.6) is 11.5 Å². The van der Waals surface area contributed by atoms with Crippen molar-refractivity contribution in [3.63, 3.8) is 0 Å². The van der Waals surface area contributed by atoms with Crippen LogP contribution in [0.2, 0.25) is 0 Å². The number of aliphatic hydroxyl groups is 1. The summed E-state index contributed by atoms with van der Waals surface area (Å²) in [5, 5.41) is 9.61. The van der Waals surface area contributed by atoms with E-state index in [1.807, 2.05) is 61.5 Å². The summed E-state index contributed by atoms with van der Waals surface area (Å²) in [6.07, 6.45) is 0. The molecule has 1 atom stereocenters. The largest absolute Gasteiger partial charge is 0.494 e. The topological polar surface area (TPSA) is 64.7 Å². The van der Waals surface area contributed by atoms with Crippen molar-refractivity contribution < 1.29 is 14.6 Å². The number of hydrogen-bond donors (Lipinski definition) is 2. The summed E-state index contributed by atoms with van der Waals surface area (Å²) in [6.45, 7) is 2.58. The van der Waals surface area contributed by atoms with Crippen molar-refractivity contribution in [1.82, 2.24) is 0 Å². The summed E-state index contributed by atoms with van der Waals surface area (Å²) in [5.74, 6) is 1.49. The summed E-state index contributed by atoms with van der Waals surface area (Å²) in [5.41, 5.74) is 6.17. The molecule has 0 spiro atoms. The van der Waals surface area contributed by atoms with Gasteiger partial charge in [0.2, 0.25) is 0 Å². The van der Waals surface area contributed by atoms with Gasteiger partial charge in [-0.1, -0.05) is 30.3 Å². The molecule has 2 rings (SSSR count). The van der Waals surface area contributed by atoms with Crippen molar-refractivity contribution in [2.75, 3.05) is 19.8 Å². The van der Waals surface area contributed by atoms with Crippen LogP contribution in [0.15, 0.2) is 54.6 Å². The third kappa shape index (κ3) is 3.97. The van der Waals surface area contributed by atoms with Gasteiger partial charge < -0.3 is 20.3 Å². The van der Waals surface area contributed by atoms with E-state index in [2.05, 4.69) is 0 Å². The molecule has 0 aliphatic rings.